The number of hydrogen-bond acceptors (Lipinski definition) is 3. The van der Waals surface area contributed by atoms with E-state index in [1.54, 1.807) is 0 Å². The maximum absolute atomic E-state index is 12.5. The van der Waals surface area contributed by atoms with Gasteiger partial charge >= 0.3 is 6.18 Å². The molecule has 0 spiro atoms. The molecule has 0 unspecified atom stereocenters. The molecule has 1 rings (SSSR count). The zero-order valence-electron chi connectivity index (χ0n) is 11.4. The number of hydrogen-bond donors (Lipinski definition) is 0. The first-order valence-corrected chi connectivity index (χ1v) is 7.18. The minimum absolute atomic E-state index is 0.0593. The summed E-state index contributed by atoms with van der Waals surface area (Å²) in [6.45, 7) is 1.67. The van der Waals surface area contributed by atoms with E-state index in [2.05, 4.69) is 0 Å². The minimum atomic E-state index is -4.49. The second-order valence-corrected chi connectivity index (χ2v) is 6.31. The first kappa shape index (κ1) is 16.9. The molecule has 0 bridgehead atoms. The van der Waals surface area contributed by atoms with Crippen LogP contribution in [0.15, 0.2) is 23.1 Å². The van der Waals surface area contributed by atoms with Crippen LogP contribution in [0.2, 0.25) is 0 Å². The molecule has 0 aliphatic heterocycles. The Bertz CT molecular complexity index is 570. The van der Waals surface area contributed by atoms with Crippen molar-refractivity contribution in [3.05, 3.63) is 29.3 Å². The van der Waals surface area contributed by atoms with Gasteiger partial charge in [-0.2, -0.15) is 17.5 Å². The fourth-order valence-corrected chi connectivity index (χ4v) is 2.98. The van der Waals surface area contributed by atoms with E-state index < -0.39 is 21.8 Å². The molecule has 0 aliphatic rings. The van der Waals surface area contributed by atoms with Gasteiger partial charge in [-0.15, -0.1) is 0 Å². The molecule has 0 N–H and O–H groups in total. The third-order valence-electron chi connectivity index (χ3n) is 2.80. The van der Waals surface area contributed by atoms with Gasteiger partial charge in [-0.1, -0.05) is 0 Å². The van der Waals surface area contributed by atoms with Gasteiger partial charge < -0.3 is 4.74 Å². The van der Waals surface area contributed by atoms with Crippen molar-refractivity contribution in [2.24, 2.45) is 0 Å². The summed E-state index contributed by atoms with van der Waals surface area (Å²) < 4.78 is 67.9. The molecule has 0 aliphatic carbocycles. The lowest BCUT2D eigenvalue weighted by molar-refractivity contribution is -0.137. The lowest BCUT2D eigenvalue weighted by Gasteiger charge is -2.18. The Balaban J connectivity index is 3.14. The van der Waals surface area contributed by atoms with Crippen LogP contribution in [0.1, 0.15) is 11.1 Å². The maximum atomic E-state index is 12.5. The van der Waals surface area contributed by atoms with Gasteiger partial charge in [-0.25, -0.2) is 8.42 Å². The smallest absolute Gasteiger partial charge is 0.383 e. The van der Waals surface area contributed by atoms with Crippen LogP contribution >= 0.6 is 0 Å². The summed E-state index contributed by atoms with van der Waals surface area (Å²) >= 11 is 0. The van der Waals surface area contributed by atoms with Gasteiger partial charge in [-0.05, 0) is 30.7 Å². The molecule has 0 heterocycles. The summed E-state index contributed by atoms with van der Waals surface area (Å²) in [6, 6.07) is 2.58. The van der Waals surface area contributed by atoms with E-state index in [0.717, 1.165) is 22.5 Å². The molecular weight excluding hydrogens is 295 g/mol. The lowest BCUT2D eigenvalue weighted by Crippen LogP contribution is -2.30. The summed E-state index contributed by atoms with van der Waals surface area (Å²) in [5.41, 5.74) is -0.808. The number of methoxy groups -OCH3 is 1. The highest BCUT2D eigenvalue weighted by Crippen LogP contribution is 2.31. The minimum Gasteiger partial charge on any atom is -0.383 e. The van der Waals surface area contributed by atoms with Crippen LogP contribution in [0.4, 0.5) is 13.2 Å². The number of aryl methyl sites for hydroxylation is 1. The van der Waals surface area contributed by atoms with Gasteiger partial charge in [0.2, 0.25) is 10.0 Å². The molecule has 20 heavy (non-hydrogen) atoms. The topological polar surface area (TPSA) is 46.6 Å². The highest BCUT2D eigenvalue weighted by molar-refractivity contribution is 7.89. The largest absolute Gasteiger partial charge is 0.416 e. The van der Waals surface area contributed by atoms with E-state index in [9.17, 15) is 21.6 Å². The van der Waals surface area contributed by atoms with Gasteiger partial charge in [0, 0.05) is 20.7 Å². The average molecular weight is 311 g/mol. The summed E-state index contributed by atoms with van der Waals surface area (Å²) in [5, 5.41) is 0. The van der Waals surface area contributed by atoms with Crippen LogP contribution in [0, 0.1) is 6.92 Å². The molecule has 0 amide bonds. The van der Waals surface area contributed by atoms with E-state index in [1.807, 2.05) is 0 Å². The van der Waals surface area contributed by atoms with Crippen LogP contribution in [-0.4, -0.2) is 40.0 Å². The molecule has 0 aromatic heterocycles. The predicted molar refractivity (Wildman–Crippen MR) is 67.9 cm³/mol. The van der Waals surface area contributed by atoms with Gasteiger partial charge in [-0.3, -0.25) is 0 Å². The van der Waals surface area contributed by atoms with Crippen molar-refractivity contribution >= 4 is 10.0 Å². The number of benzene rings is 1. The molecule has 8 heteroatoms. The van der Waals surface area contributed by atoms with Crippen molar-refractivity contribution in [2.75, 3.05) is 27.3 Å². The first-order valence-electron chi connectivity index (χ1n) is 5.74. The fourth-order valence-electron chi connectivity index (χ4n) is 1.62. The van der Waals surface area contributed by atoms with Crippen molar-refractivity contribution < 1.29 is 26.3 Å². The highest BCUT2D eigenvalue weighted by atomic mass is 32.2. The Morgan fingerprint density at radius 1 is 1.30 bits per heavy atom. The molecule has 0 atom stereocenters. The summed E-state index contributed by atoms with van der Waals surface area (Å²) in [4.78, 5) is -0.135. The van der Waals surface area contributed by atoms with Crippen molar-refractivity contribution in [1.82, 2.24) is 4.31 Å². The zero-order valence-corrected chi connectivity index (χ0v) is 12.2. The molecule has 0 fully saturated rings. The third kappa shape index (κ3) is 3.71. The second-order valence-electron chi connectivity index (χ2n) is 4.30. The van der Waals surface area contributed by atoms with Crippen molar-refractivity contribution in [1.29, 1.82) is 0 Å². The van der Waals surface area contributed by atoms with E-state index in [-0.39, 0.29) is 23.6 Å². The standard InChI is InChI=1S/C12H16F3NO3S/c1-9-8-10(12(13,14)15)4-5-11(9)20(17,18)16(2)6-7-19-3/h4-5,8H,6-7H2,1-3H3. The van der Waals surface area contributed by atoms with E-state index in [1.165, 1.54) is 21.1 Å². The van der Waals surface area contributed by atoms with E-state index in [4.69, 9.17) is 4.74 Å². The van der Waals surface area contributed by atoms with Gasteiger partial charge in [0.05, 0.1) is 17.1 Å². The normalized spacial score (nSPS) is 12.9. The first-order chi connectivity index (χ1) is 9.10. The Morgan fingerprint density at radius 3 is 2.35 bits per heavy atom. The SMILES string of the molecule is COCCN(C)S(=O)(=O)c1ccc(C(F)(F)F)cc1C. The Kier molecular flexibility index (Phi) is 5.17. The molecule has 0 saturated carbocycles. The zero-order chi connectivity index (χ0) is 15.6. The molecule has 0 radical (unpaired) electrons. The number of halogens is 3. The quantitative estimate of drug-likeness (QED) is 0.838. The number of likely N-dealkylation sites (N-methyl/N-ethyl adjacent to an activating group) is 1. The third-order valence-corrected chi connectivity index (χ3v) is 4.82. The summed E-state index contributed by atoms with van der Waals surface area (Å²) in [6.07, 6.45) is -4.49. The predicted octanol–water partition coefficient (Wildman–Crippen LogP) is 2.28. The number of alkyl halides is 3. The Labute approximate surface area is 116 Å². The maximum Gasteiger partial charge on any atom is 0.416 e. The van der Waals surface area contributed by atoms with Gasteiger partial charge in [0.25, 0.3) is 0 Å². The van der Waals surface area contributed by atoms with Gasteiger partial charge in [0.15, 0.2) is 0 Å². The monoisotopic (exact) mass is 311 g/mol. The Morgan fingerprint density at radius 2 is 1.90 bits per heavy atom. The van der Waals surface area contributed by atoms with E-state index >= 15 is 0 Å². The molecule has 114 valence electrons. The van der Waals surface area contributed by atoms with Crippen molar-refractivity contribution in [2.45, 2.75) is 18.0 Å². The van der Waals surface area contributed by atoms with Crippen molar-refractivity contribution in [3.8, 4) is 0 Å². The molecule has 4 nitrogen and oxygen atoms in total. The lowest BCUT2D eigenvalue weighted by atomic mass is 10.1. The van der Waals surface area contributed by atoms with Gasteiger partial charge in [0.1, 0.15) is 0 Å². The highest BCUT2D eigenvalue weighted by Gasteiger charge is 2.32. The van der Waals surface area contributed by atoms with E-state index in [0.29, 0.717) is 0 Å². The molecule has 1 aromatic carbocycles. The van der Waals surface area contributed by atoms with Crippen LogP contribution in [0.25, 0.3) is 0 Å². The van der Waals surface area contributed by atoms with Crippen molar-refractivity contribution in [3.63, 3.8) is 0 Å². The number of sulfonamides is 1. The molecule has 0 saturated heterocycles. The van der Waals surface area contributed by atoms with Crippen LogP contribution in [0.3, 0.4) is 0 Å². The fraction of sp³-hybridized carbons (Fsp3) is 0.500. The average Bonchev–Trinajstić information content (AvgIpc) is 2.34. The number of ether oxygens (including phenoxy) is 1. The Hall–Kier alpha value is -1.12. The van der Waals surface area contributed by atoms with Crippen LogP contribution in [0.5, 0.6) is 0 Å². The molecular formula is C12H16F3NO3S. The summed E-state index contributed by atoms with van der Waals surface area (Å²) in [7, 11) is -1.03. The second kappa shape index (κ2) is 6.11. The number of rotatable bonds is 5. The molecule has 1 aromatic rings. The number of nitrogens with zero attached hydrogens (tertiary/aromatic N) is 1. The van der Waals surface area contributed by atoms with Crippen LogP contribution < -0.4 is 0 Å². The summed E-state index contributed by atoms with van der Waals surface area (Å²) in [5.74, 6) is 0. The van der Waals surface area contributed by atoms with Crippen LogP contribution in [-0.2, 0) is 20.9 Å².